The molecule has 0 amide bonds. The average molecular weight is 132 g/mol. The van der Waals surface area contributed by atoms with Gasteiger partial charge in [-0.25, -0.2) is 0 Å². The molecule has 0 radical (unpaired) electrons. The van der Waals surface area contributed by atoms with Crippen LogP contribution in [0.3, 0.4) is 0 Å². The molecule has 2 unspecified atom stereocenters. The highest BCUT2D eigenvalue weighted by Gasteiger charge is 2.18. The van der Waals surface area contributed by atoms with Gasteiger partial charge in [-0.3, -0.25) is 0 Å². The Morgan fingerprint density at radius 3 is 2.67 bits per heavy atom. The predicted octanol–water partition coefficient (Wildman–Crippen LogP) is -0.134. The Labute approximate surface area is 54.3 Å². The molecule has 54 valence electrons. The van der Waals surface area contributed by atoms with Crippen molar-refractivity contribution in [1.82, 2.24) is 0 Å². The first-order chi connectivity index (χ1) is 4.33. The first kappa shape index (κ1) is 6.99. The molecular weight excluding hydrogens is 120 g/mol. The van der Waals surface area contributed by atoms with Crippen molar-refractivity contribution in [3.63, 3.8) is 0 Å². The van der Waals surface area contributed by atoms with Gasteiger partial charge in [0.05, 0.1) is 12.7 Å². The molecule has 3 nitrogen and oxygen atoms in total. The molecule has 0 bridgehead atoms. The van der Waals surface area contributed by atoms with E-state index in [0.717, 1.165) is 12.8 Å². The Morgan fingerprint density at radius 2 is 2.22 bits per heavy atom. The van der Waals surface area contributed by atoms with E-state index in [9.17, 15) is 0 Å². The lowest BCUT2D eigenvalue weighted by molar-refractivity contribution is -0.172. The van der Waals surface area contributed by atoms with E-state index in [4.69, 9.17) is 14.9 Å². The molecule has 0 aliphatic carbocycles. The fourth-order valence-electron chi connectivity index (χ4n) is 1.01. The van der Waals surface area contributed by atoms with Crippen molar-refractivity contribution < 1.29 is 14.9 Å². The van der Waals surface area contributed by atoms with E-state index in [1.165, 1.54) is 0 Å². The van der Waals surface area contributed by atoms with Crippen LogP contribution < -0.4 is 0 Å². The second-order valence-electron chi connectivity index (χ2n) is 2.33. The molecule has 0 aromatic rings. The zero-order valence-electron chi connectivity index (χ0n) is 5.29. The van der Waals surface area contributed by atoms with Gasteiger partial charge >= 0.3 is 0 Å². The Hall–Kier alpha value is -0.120. The zero-order chi connectivity index (χ0) is 6.69. The van der Waals surface area contributed by atoms with Crippen molar-refractivity contribution in [1.29, 1.82) is 0 Å². The Bertz CT molecular complexity index is 84.4. The normalized spacial score (nSPS) is 36.7. The SMILES string of the molecule is OCC1CCCC(O)O1. The second-order valence-corrected chi connectivity index (χ2v) is 2.33. The van der Waals surface area contributed by atoms with Crippen LogP contribution in [0.1, 0.15) is 19.3 Å². The van der Waals surface area contributed by atoms with E-state index in [1.807, 2.05) is 0 Å². The summed E-state index contributed by atoms with van der Waals surface area (Å²) in [5, 5.41) is 17.5. The van der Waals surface area contributed by atoms with Crippen LogP contribution in [0.15, 0.2) is 0 Å². The van der Waals surface area contributed by atoms with Gasteiger partial charge < -0.3 is 14.9 Å². The first-order valence-electron chi connectivity index (χ1n) is 3.27. The van der Waals surface area contributed by atoms with Crippen molar-refractivity contribution in [3.8, 4) is 0 Å². The second kappa shape index (κ2) is 3.15. The molecule has 9 heavy (non-hydrogen) atoms. The summed E-state index contributed by atoms with van der Waals surface area (Å²) >= 11 is 0. The van der Waals surface area contributed by atoms with E-state index in [1.54, 1.807) is 0 Å². The summed E-state index contributed by atoms with van der Waals surface area (Å²) in [7, 11) is 0. The summed E-state index contributed by atoms with van der Waals surface area (Å²) in [5.74, 6) is 0. The molecule has 1 aliphatic heterocycles. The molecule has 1 fully saturated rings. The summed E-state index contributed by atoms with van der Waals surface area (Å²) in [4.78, 5) is 0. The van der Waals surface area contributed by atoms with Gasteiger partial charge in [0.15, 0.2) is 6.29 Å². The summed E-state index contributed by atoms with van der Waals surface area (Å²) in [6, 6.07) is 0. The van der Waals surface area contributed by atoms with Gasteiger partial charge in [-0.2, -0.15) is 0 Å². The Kier molecular flexibility index (Phi) is 2.45. The molecule has 2 N–H and O–H groups in total. The topological polar surface area (TPSA) is 49.7 Å². The van der Waals surface area contributed by atoms with Gasteiger partial charge in [-0.1, -0.05) is 0 Å². The Balaban J connectivity index is 2.23. The number of hydrogen-bond donors (Lipinski definition) is 2. The quantitative estimate of drug-likeness (QED) is 0.522. The number of aliphatic hydroxyl groups excluding tert-OH is 2. The molecule has 0 aromatic carbocycles. The summed E-state index contributed by atoms with van der Waals surface area (Å²) < 4.78 is 4.94. The maximum Gasteiger partial charge on any atom is 0.155 e. The van der Waals surface area contributed by atoms with Crippen LogP contribution in [0.25, 0.3) is 0 Å². The average Bonchev–Trinajstić information content (AvgIpc) is 1.88. The van der Waals surface area contributed by atoms with Gasteiger partial charge in [0.2, 0.25) is 0 Å². The number of rotatable bonds is 1. The van der Waals surface area contributed by atoms with Crippen molar-refractivity contribution >= 4 is 0 Å². The van der Waals surface area contributed by atoms with Crippen LogP contribution in [0, 0.1) is 0 Å². The molecule has 1 aliphatic rings. The molecule has 1 saturated heterocycles. The largest absolute Gasteiger partial charge is 0.394 e. The Morgan fingerprint density at radius 1 is 1.44 bits per heavy atom. The fourth-order valence-corrected chi connectivity index (χ4v) is 1.01. The van der Waals surface area contributed by atoms with Gasteiger partial charge in [0.1, 0.15) is 0 Å². The number of hydrogen-bond acceptors (Lipinski definition) is 3. The van der Waals surface area contributed by atoms with Crippen LogP contribution in [0.4, 0.5) is 0 Å². The lowest BCUT2D eigenvalue weighted by atomic mass is 10.1. The molecule has 0 aromatic heterocycles. The van der Waals surface area contributed by atoms with Crippen molar-refractivity contribution in [3.05, 3.63) is 0 Å². The van der Waals surface area contributed by atoms with Gasteiger partial charge in [0, 0.05) is 0 Å². The van der Waals surface area contributed by atoms with Crippen molar-refractivity contribution in [2.45, 2.75) is 31.7 Å². The van der Waals surface area contributed by atoms with Crippen molar-refractivity contribution in [2.75, 3.05) is 6.61 Å². The fraction of sp³-hybridized carbons (Fsp3) is 1.00. The standard InChI is InChI=1S/C6H12O3/c7-4-5-2-1-3-6(8)9-5/h5-8H,1-4H2. The van der Waals surface area contributed by atoms with Crippen LogP contribution in [-0.2, 0) is 4.74 Å². The minimum absolute atomic E-state index is 0.0249. The lowest BCUT2D eigenvalue weighted by Gasteiger charge is -2.24. The minimum Gasteiger partial charge on any atom is -0.394 e. The zero-order valence-corrected chi connectivity index (χ0v) is 5.29. The third-order valence-corrected chi connectivity index (χ3v) is 1.53. The molecule has 1 heterocycles. The van der Waals surface area contributed by atoms with Crippen LogP contribution in [-0.4, -0.2) is 29.2 Å². The first-order valence-corrected chi connectivity index (χ1v) is 3.27. The molecule has 0 saturated carbocycles. The van der Waals surface area contributed by atoms with Crippen LogP contribution in [0.5, 0.6) is 0 Å². The van der Waals surface area contributed by atoms with Gasteiger partial charge in [-0.05, 0) is 19.3 Å². The minimum atomic E-state index is -0.643. The number of aliphatic hydroxyl groups is 2. The van der Waals surface area contributed by atoms with E-state index >= 15 is 0 Å². The third-order valence-electron chi connectivity index (χ3n) is 1.53. The lowest BCUT2D eigenvalue weighted by Crippen LogP contribution is -2.29. The summed E-state index contributed by atoms with van der Waals surface area (Å²) in [6.07, 6.45) is 1.75. The van der Waals surface area contributed by atoms with Gasteiger partial charge in [0.25, 0.3) is 0 Å². The van der Waals surface area contributed by atoms with E-state index in [2.05, 4.69) is 0 Å². The monoisotopic (exact) mass is 132 g/mol. The van der Waals surface area contributed by atoms with Crippen LogP contribution >= 0.6 is 0 Å². The van der Waals surface area contributed by atoms with Gasteiger partial charge in [-0.15, -0.1) is 0 Å². The highest BCUT2D eigenvalue weighted by Crippen LogP contribution is 2.16. The van der Waals surface area contributed by atoms with Crippen molar-refractivity contribution in [2.24, 2.45) is 0 Å². The molecule has 3 heteroatoms. The third kappa shape index (κ3) is 1.93. The summed E-state index contributed by atoms with van der Waals surface area (Å²) in [5.41, 5.74) is 0. The predicted molar refractivity (Wildman–Crippen MR) is 31.8 cm³/mol. The highest BCUT2D eigenvalue weighted by atomic mass is 16.6. The molecule has 0 spiro atoms. The van der Waals surface area contributed by atoms with E-state index in [0.29, 0.717) is 6.42 Å². The van der Waals surface area contributed by atoms with Crippen LogP contribution in [0.2, 0.25) is 0 Å². The molecular formula is C6H12O3. The van der Waals surface area contributed by atoms with E-state index in [-0.39, 0.29) is 12.7 Å². The van der Waals surface area contributed by atoms with E-state index < -0.39 is 6.29 Å². The number of ether oxygens (including phenoxy) is 1. The summed E-state index contributed by atoms with van der Waals surface area (Å²) in [6.45, 7) is 0.0249. The maximum atomic E-state index is 8.88. The molecule has 2 atom stereocenters. The maximum absolute atomic E-state index is 8.88. The smallest absolute Gasteiger partial charge is 0.155 e. The highest BCUT2D eigenvalue weighted by molar-refractivity contribution is 4.63. The molecule has 1 rings (SSSR count).